The summed E-state index contributed by atoms with van der Waals surface area (Å²) in [6.07, 6.45) is 0.310. The maximum Gasteiger partial charge on any atom is 0.299 e. The van der Waals surface area contributed by atoms with Crippen LogP contribution in [0.15, 0.2) is 18.2 Å². The molecule has 7 heteroatoms. The Hall–Kier alpha value is -1.26. The van der Waals surface area contributed by atoms with Gasteiger partial charge < -0.3 is 5.11 Å². The Labute approximate surface area is 130 Å². The molecule has 0 spiro atoms. The van der Waals surface area contributed by atoms with Crippen LogP contribution in [-0.4, -0.2) is 26.7 Å². The first kappa shape index (κ1) is 17.8. The molecule has 0 unspecified atom stereocenters. The van der Waals surface area contributed by atoms with Crippen molar-refractivity contribution in [2.75, 3.05) is 17.9 Å². The molecule has 0 aromatic heterocycles. The lowest BCUT2D eigenvalue weighted by Gasteiger charge is -2.12. The fourth-order valence-electron chi connectivity index (χ4n) is 1.38. The molecule has 0 fully saturated rings. The van der Waals surface area contributed by atoms with E-state index in [4.69, 9.17) is 16.7 Å². The van der Waals surface area contributed by atoms with Crippen LogP contribution in [-0.2, 0) is 10.2 Å². The summed E-state index contributed by atoms with van der Waals surface area (Å²) in [7, 11) is -3.66. The van der Waals surface area contributed by atoms with Crippen LogP contribution >= 0.6 is 11.6 Å². The number of aliphatic hydroxyl groups excluding tert-OH is 1. The van der Waals surface area contributed by atoms with Crippen LogP contribution < -0.4 is 9.44 Å². The topological polar surface area (TPSA) is 78.4 Å². The van der Waals surface area contributed by atoms with E-state index in [9.17, 15) is 8.42 Å². The number of benzene rings is 1. The molecule has 0 radical (unpaired) electrons. The second kappa shape index (κ2) is 8.25. The normalized spacial score (nSPS) is 11.1. The highest BCUT2D eigenvalue weighted by Gasteiger charge is 2.12. The summed E-state index contributed by atoms with van der Waals surface area (Å²) in [6.45, 7) is 4.12. The quantitative estimate of drug-likeness (QED) is 0.698. The van der Waals surface area contributed by atoms with E-state index in [1.54, 1.807) is 18.2 Å². The van der Waals surface area contributed by atoms with Crippen molar-refractivity contribution < 1.29 is 13.5 Å². The smallest absolute Gasteiger partial charge is 0.299 e. The SMILES string of the molecule is CC(C)CNS(=O)(=O)Nc1ccc(Cl)cc1C#CCCO. The molecular weight excluding hydrogens is 312 g/mol. The Kier molecular flexibility index (Phi) is 6.99. The van der Waals surface area contributed by atoms with Gasteiger partial charge in [-0.15, -0.1) is 0 Å². The summed E-state index contributed by atoms with van der Waals surface area (Å²) in [5.74, 6) is 5.74. The number of rotatable bonds is 6. The molecule has 0 aliphatic rings. The molecule has 0 saturated carbocycles. The zero-order valence-corrected chi connectivity index (χ0v) is 13.6. The summed E-state index contributed by atoms with van der Waals surface area (Å²) in [5, 5.41) is 9.19. The average molecular weight is 331 g/mol. The molecule has 0 aliphatic heterocycles. The number of anilines is 1. The van der Waals surface area contributed by atoms with Crippen molar-refractivity contribution in [1.29, 1.82) is 0 Å². The van der Waals surface area contributed by atoms with E-state index in [2.05, 4.69) is 21.3 Å². The van der Waals surface area contributed by atoms with Gasteiger partial charge in [0.25, 0.3) is 10.2 Å². The van der Waals surface area contributed by atoms with Gasteiger partial charge in [0.15, 0.2) is 0 Å². The van der Waals surface area contributed by atoms with Crippen LogP contribution in [0.1, 0.15) is 25.8 Å². The molecule has 0 saturated heterocycles. The number of aliphatic hydroxyl groups is 1. The maximum absolute atomic E-state index is 11.9. The van der Waals surface area contributed by atoms with E-state index in [1.807, 2.05) is 13.8 Å². The number of hydrogen-bond donors (Lipinski definition) is 3. The lowest BCUT2D eigenvalue weighted by atomic mass is 10.2. The summed E-state index contributed by atoms with van der Waals surface area (Å²) in [6, 6.07) is 4.71. The van der Waals surface area contributed by atoms with Crippen molar-refractivity contribution in [2.45, 2.75) is 20.3 Å². The van der Waals surface area contributed by atoms with Crippen molar-refractivity contribution in [3.63, 3.8) is 0 Å². The third-order valence-electron chi connectivity index (χ3n) is 2.37. The second-order valence-corrected chi connectivity index (χ2v) is 6.75. The molecule has 116 valence electrons. The number of nitrogens with one attached hydrogen (secondary N) is 2. The summed E-state index contributed by atoms with van der Waals surface area (Å²) in [5.41, 5.74) is 0.812. The van der Waals surface area contributed by atoms with Crippen LogP contribution in [0.4, 0.5) is 5.69 Å². The van der Waals surface area contributed by atoms with Crippen LogP contribution in [0.2, 0.25) is 5.02 Å². The first-order valence-electron chi connectivity index (χ1n) is 6.50. The van der Waals surface area contributed by atoms with Gasteiger partial charge in [0.2, 0.25) is 0 Å². The van der Waals surface area contributed by atoms with E-state index < -0.39 is 10.2 Å². The molecule has 1 rings (SSSR count). The van der Waals surface area contributed by atoms with E-state index >= 15 is 0 Å². The van der Waals surface area contributed by atoms with Gasteiger partial charge >= 0.3 is 0 Å². The molecule has 5 nitrogen and oxygen atoms in total. The molecule has 1 aromatic rings. The highest BCUT2D eigenvalue weighted by Crippen LogP contribution is 2.20. The summed E-state index contributed by atoms with van der Waals surface area (Å²) >= 11 is 5.89. The second-order valence-electron chi connectivity index (χ2n) is 4.81. The molecule has 3 N–H and O–H groups in total. The fraction of sp³-hybridized carbons (Fsp3) is 0.429. The Balaban J connectivity index is 2.95. The maximum atomic E-state index is 11.9. The Bertz CT molecular complexity index is 633. The Morgan fingerprint density at radius 2 is 2.10 bits per heavy atom. The van der Waals surface area contributed by atoms with E-state index in [0.29, 0.717) is 29.2 Å². The van der Waals surface area contributed by atoms with Gasteiger partial charge in [-0.1, -0.05) is 37.3 Å². The molecule has 0 bridgehead atoms. The molecule has 0 heterocycles. The van der Waals surface area contributed by atoms with Crippen molar-refractivity contribution in [3.05, 3.63) is 28.8 Å². The van der Waals surface area contributed by atoms with Gasteiger partial charge in [-0.25, -0.2) is 0 Å². The lowest BCUT2D eigenvalue weighted by molar-refractivity contribution is 0.305. The van der Waals surface area contributed by atoms with Crippen LogP contribution in [0.5, 0.6) is 0 Å². The Morgan fingerprint density at radius 3 is 2.71 bits per heavy atom. The molecule has 0 aliphatic carbocycles. The molecule has 21 heavy (non-hydrogen) atoms. The fourth-order valence-corrected chi connectivity index (χ4v) is 2.64. The van der Waals surface area contributed by atoms with Gasteiger partial charge in [0.1, 0.15) is 0 Å². The van der Waals surface area contributed by atoms with E-state index in [1.165, 1.54) is 0 Å². The van der Waals surface area contributed by atoms with Gasteiger partial charge in [-0.3, -0.25) is 4.72 Å². The Morgan fingerprint density at radius 1 is 1.38 bits per heavy atom. The molecule has 1 aromatic carbocycles. The number of hydrogen-bond acceptors (Lipinski definition) is 3. The predicted octanol–water partition coefficient (Wildman–Crippen LogP) is 1.98. The third kappa shape index (κ3) is 6.82. The summed E-state index contributed by atoms with van der Waals surface area (Å²) in [4.78, 5) is 0. The zero-order chi connectivity index (χ0) is 15.9. The first-order chi connectivity index (χ1) is 9.84. The minimum atomic E-state index is -3.66. The number of halogens is 1. The van der Waals surface area contributed by atoms with Gasteiger partial charge in [0, 0.05) is 18.0 Å². The van der Waals surface area contributed by atoms with Crippen molar-refractivity contribution >= 4 is 27.5 Å². The first-order valence-corrected chi connectivity index (χ1v) is 8.37. The van der Waals surface area contributed by atoms with Crippen molar-refractivity contribution in [3.8, 4) is 11.8 Å². The third-order valence-corrected chi connectivity index (χ3v) is 3.64. The lowest BCUT2D eigenvalue weighted by Crippen LogP contribution is -2.33. The van der Waals surface area contributed by atoms with Gasteiger partial charge in [-0.05, 0) is 24.1 Å². The van der Waals surface area contributed by atoms with Crippen LogP contribution in [0.3, 0.4) is 0 Å². The van der Waals surface area contributed by atoms with E-state index in [0.717, 1.165) is 0 Å². The van der Waals surface area contributed by atoms with Gasteiger partial charge in [0.05, 0.1) is 17.9 Å². The predicted molar refractivity (Wildman–Crippen MR) is 85.4 cm³/mol. The minimum Gasteiger partial charge on any atom is -0.395 e. The molecular formula is C14H19ClN2O3S. The van der Waals surface area contributed by atoms with E-state index in [-0.39, 0.29) is 12.5 Å². The molecule has 0 atom stereocenters. The van der Waals surface area contributed by atoms with Gasteiger partial charge in [-0.2, -0.15) is 13.1 Å². The largest absolute Gasteiger partial charge is 0.395 e. The molecule has 0 amide bonds. The highest BCUT2D eigenvalue weighted by atomic mass is 35.5. The summed E-state index contributed by atoms with van der Waals surface area (Å²) < 4.78 is 28.7. The van der Waals surface area contributed by atoms with Crippen molar-refractivity contribution in [2.24, 2.45) is 5.92 Å². The monoisotopic (exact) mass is 330 g/mol. The minimum absolute atomic E-state index is 0.0510. The average Bonchev–Trinajstić information content (AvgIpc) is 2.40. The van der Waals surface area contributed by atoms with Crippen molar-refractivity contribution in [1.82, 2.24) is 4.72 Å². The van der Waals surface area contributed by atoms with Crippen LogP contribution in [0, 0.1) is 17.8 Å². The zero-order valence-electron chi connectivity index (χ0n) is 12.0. The van der Waals surface area contributed by atoms with Crippen LogP contribution in [0.25, 0.3) is 0 Å². The standard InChI is InChI=1S/C14H19ClN2O3S/c1-11(2)10-16-21(19,20)17-14-7-6-13(15)9-12(14)5-3-4-8-18/h6-7,9,11,16-18H,4,8,10H2,1-2H3. The highest BCUT2D eigenvalue weighted by molar-refractivity contribution is 7.90.